The predicted molar refractivity (Wildman–Crippen MR) is 179 cm³/mol. The number of benzene rings is 2. The Morgan fingerprint density at radius 2 is 2.09 bits per heavy atom. The normalized spacial score (nSPS) is 16.8. The number of amidine groups is 1. The molecule has 1 aliphatic carbocycles. The summed E-state index contributed by atoms with van der Waals surface area (Å²) in [4.78, 5) is 11.0. The van der Waals surface area contributed by atoms with Gasteiger partial charge in [-0.3, -0.25) is 4.99 Å². The Morgan fingerprint density at radius 3 is 2.82 bits per heavy atom. The predicted octanol–water partition coefficient (Wildman–Crippen LogP) is 5.90. The topological polar surface area (TPSA) is 102 Å². The number of likely N-dealkylation sites (N-methyl/N-ethyl adjacent to an activating group) is 1. The van der Waals surface area contributed by atoms with Gasteiger partial charge in [-0.2, -0.15) is 0 Å². The number of nitrogens with one attached hydrogen (secondary N) is 2. The SMILES string of the molecule is C=C/C(=C\NCC(O)CN(C)CCO)C1=CCCC2N=CN=C(Nc3ccc(OCc4cccc(F)c4)c(Cl)c3)C2=C1.CC. The summed E-state index contributed by atoms with van der Waals surface area (Å²) in [6, 6.07) is 11.6. The molecule has 2 aliphatic rings. The van der Waals surface area contributed by atoms with Gasteiger partial charge in [0, 0.05) is 37.1 Å². The molecule has 236 valence electrons. The molecule has 2 aromatic carbocycles. The van der Waals surface area contributed by atoms with Gasteiger partial charge in [0.05, 0.1) is 23.8 Å². The van der Waals surface area contributed by atoms with Crippen LogP contribution in [0.25, 0.3) is 0 Å². The van der Waals surface area contributed by atoms with Crippen LogP contribution in [-0.4, -0.2) is 72.7 Å². The average Bonchev–Trinajstić information content (AvgIpc) is 3.23. The van der Waals surface area contributed by atoms with E-state index in [-0.39, 0.29) is 25.1 Å². The maximum absolute atomic E-state index is 13.5. The summed E-state index contributed by atoms with van der Waals surface area (Å²) >= 11 is 6.52. The molecule has 2 unspecified atom stereocenters. The van der Waals surface area contributed by atoms with Gasteiger partial charge in [0.25, 0.3) is 0 Å². The second-order valence-corrected chi connectivity index (χ2v) is 10.5. The zero-order valence-electron chi connectivity index (χ0n) is 25.6. The number of hydrogen-bond donors (Lipinski definition) is 4. The summed E-state index contributed by atoms with van der Waals surface area (Å²) in [5, 5.41) is 26.4. The number of nitrogens with zero attached hydrogens (tertiary/aromatic N) is 3. The van der Waals surface area contributed by atoms with Gasteiger partial charge in [0.2, 0.25) is 0 Å². The van der Waals surface area contributed by atoms with E-state index in [1.54, 1.807) is 36.7 Å². The van der Waals surface area contributed by atoms with E-state index in [4.69, 9.17) is 21.4 Å². The minimum Gasteiger partial charge on any atom is -0.487 e. The fourth-order valence-electron chi connectivity index (χ4n) is 4.68. The second-order valence-electron chi connectivity index (χ2n) is 10.1. The van der Waals surface area contributed by atoms with Gasteiger partial charge >= 0.3 is 0 Å². The quantitative estimate of drug-likeness (QED) is 0.207. The zero-order valence-corrected chi connectivity index (χ0v) is 26.4. The van der Waals surface area contributed by atoms with Gasteiger partial charge in [0.15, 0.2) is 0 Å². The Labute approximate surface area is 265 Å². The summed E-state index contributed by atoms with van der Waals surface area (Å²) in [7, 11) is 1.86. The number of aliphatic hydroxyl groups excluding tert-OH is 2. The molecule has 4 rings (SSSR count). The van der Waals surface area contributed by atoms with Crippen LogP contribution in [0.2, 0.25) is 5.02 Å². The highest BCUT2D eigenvalue weighted by Crippen LogP contribution is 2.31. The summed E-state index contributed by atoms with van der Waals surface area (Å²) in [5.41, 5.74) is 4.26. The largest absolute Gasteiger partial charge is 0.487 e. The van der Waals surface area contributed by atoms with Crippen LogP contribution >= 0.6 is 11.6 Å². The van der Waals surface area contributed by atoms with Crippen molar-refractivity contribution in [2.24, 2.45) is 9.98 Å². The van der Waals surface area contributed by atoms with Crippen molar-refractivity contribution in [1.29, 1.82) is 0 Å². The van der Waals surface area contributed by atoms with E-state index in [1.807, 2.05) is 38.1 Å². The van der Waals surface area contributed by atoms with E-state index in [9.17, 15) is 9.50 Å². The first-order valence-corrected chi connectivity index (χ1v) is 15.2. The van der Waals surface area contributed by atoms with Crippen molar-refractivity contribution in [1.82, 2.24) is 10.2 Å². The van der Waals surface area contributed by atoms with Gasteiger partial charge in [0.1, 0.15) is 30.3 Å². The van der Waals surface area contributed by atoms with E-state index < -0.39 is 6.10 Å². The van der Waals surface area contributed by atoms with Gasteiger partial charge in [-0.1, -0.05) is 56.3 Å². The van der Waals surface area contributed by atoms with Crippen LogP contribution in [-0.2, 0) is 6.61 Å². The molecule has 10 heteroatoms. The smallest absolute Gasteiger partial charge is 0.138 e. The summed E-state index contributed by atoms with van der Waals surface area (Å²) in [6.45, 7) is 9.56. The van der Waals surface area contributed by atoms with E-state index >= 15 is 0 Å². The van der Waals surface area contributed by atoms with Crippen molar-refractivity contribution >= 4 is 29.5 Å². The molecule has 44 heavy (non-hydrogen) atoms. The summed E-state index contributed by atoms with van der Waals surface area (Å²) in [6.07, 6.45) is 10.5. The van der Waals surface area contributed by atoms with Gasteiger partial charge in [-0.05, 0) is 73.0 Å². The monoisotopic (exact) mass is 623 g/mol. The Hall–Kier alpha value is -3.76. The molecule has 2 aromatic rings. The van der Waals surface area contributed by atoms with Gasteiger partial charge in [-0.15, -0.1) is 0 Å². The molecule has 0 saturated heterocycles. The Morgan fingerprint density at radius 1 is 1.27 bits per heavy atom. The number of hydrogen-bond acceptors (Lipinski definition) is 8. The third-order valence-corrected chi connectivity index (χ3v) is 7.12. The van der Waals surface area contributed by atoms with Crippen LogP contribution in [0.5, 0.6) is 5.75 Å². The first kappa shape index (κ1) is 34.7. The zero-order chi connectivity index (χ0) is 31.9. The molecule has 0 aromatic heterocycles. The molecule has 0 bridgehead atoms. The number of ether oxygens (including phenoxy) is 1. The fraction of sp³-hybridized carbons (Fsp3) is 0.353. The van der Waals surface area contributed by atoms with Crippen molar-refractivity contribution in [2.45, 2.75) is 45.4 Å². The van der Waals surface area contributed by atoms with Crippen LogP contribution in [0.4, 0.5) is 10.1 Å². The lowest BCUT2D eigenvalue weighted by molar-refractivity contribution is 0.116. The van der Waals surface area contributed by atoms with Gasteiger partial charge < -0.3 is 30.5 Å². The highest BCUT2D eigenvalue weighted by molar-refractivity contribution is 6.32. The molecule has 4 N–H and O–H groups in total. The molecular weight excluding hydrogens is 581 g/mol. The molecule has 0 fully saturated rings. The Bertz CT molecular complexity index is 1410. The van der Waals surface area contributed by atoms with E-state index in [2.05, 4.69) is 39.3 Å². The molecular formula is C34H43ClFN5O3. The molecule has 0 spiro atoms. The highest BCUT2D eigenvalue weighted by Gasteiger charge is 2.24. The standard InChI is InChI=1S/C32H37ClFN5O3.C2H6/c1-3-23(17-35-18-27(41)19-39(2)12-13-40)24-7-5-9-30-28(15-24)32(37-21-36-30)38-26-10-11-31(29(33)16-26)42-20-22-6-4-8-25(34)14-22;1-2/h3-4,6-8,10-11,14-17,21,27,30,35,40-41H,1,5,9,12-13,18-20H2,2H3,(H,36,37,38);1-2H3/b23-17+;. The van der Waals surface area contributed by atoms with Gasteiger partial charge in [-0.25, -0.2) is 9.38 Å². The van der Waals surface area contributed by atoms with Crippen molar-refractivity contribution in [3.63, 3.8) is 0 Å². The molecule has 2 atom stereocenters. The van der Waals surface area contributed by atoms with E-state index in [1.165, 1.54) is 12.1 Å². The van der Waals surface area contributed by atoms with Crippen LogP contribution in [0.3, 0.4) is 0 Å². The van der Waals surface area contributed by atoms with E-state index in [0.29, 0.717) is 41.8 Å². The number of fused-ring (bicyclic) bond motifs is 1. The van der Waals surface area contributed by atoms with Crippen LogP contribution in [0.1, 0.15) is 32.3 Å². The minimum absolute atomic E-state index is 0.0500. The molecule has 0 radical (unpaired) electrons. The second kappa shape index (κ2) is 18.1. The van der Waals surface area contributed by atoms with Crippen LogP contribution in [0.15, 0.2) is 100 Å². The summed E-state index contributed by atoms with van der Waals surface area (Å²) < 4.78 is 19.3. The highest BCUT2D eigenvalue weighted by atomic mass is 35.5. The number of allylic oxidation sites excluding steroid dienone is 5. The van der Waals surface area contributed by atoms with Crippen LogP contribution < -0.4 is 15.4 Å². The van der Waals surface area contributed by atoms with Crippen molar-refractivity contribution in [3.05, 3.63) is 107 Å². The first-order chi connectivity index (χ1) is 21.4. The minimum atomic E-state index is -0.588. The lowest BCUT2D eigenvalue weighted by Gasteiger charge is -2.21. The third-order valence-electron chi connectivity index (χ3n) is 6.83. The van der Waals surface area contributed by atoms with Crippen molar-refractivity contribution < 1.29 is 19.3 Å². The molecule has 1 aliphatic heterocycles. The van der Waals surface area contributed by atoms with E-state index in [0.717, 1.165) is 35.2 Å². The molecule has 0 saturated carbocycles. The number of aliphatic imine (C=N–C) groups is 2. The van der Waals surface area contributed by atoms with Crippen molar-refractivity contribution in [2.75, 3.05) is 38.6 Å². The maximum Gasteiger partial charge on any atom is 0.138 e. The third kappa shape index (κ3) is 10.4. The lowest BCUT2D eigenvalue weighted by atomic mass is 9.99. The fourth-order valence-corrected chi connectivity index (χ4v) is 4.91. The van der Waals surface area contributed by atoms with Crippen LogP contribution in [0, 0.1) is 5.82 Å². The average molecular weight is 624 g/mol. The van der Waals surface area contributed by atoms with Crippen molar-refractivity contribution in [3.8, 4) is 5.75 Å². The Balaban J connectivity index is 0.00000259. The first-order valence-electron chi connectivity index (χ1n) is 14.9. The lowest BCUT2D eigenvalue weighted by Crippen LogP contribution is -2.36. The summed E-state index contributed by atoms with van der Waals surface area (Å²) in [5.74, 6) is 0.853. The number of anilines is 1. The molecule has 1 heterocycles. The molecule has 0 amide bonds. The number of rotatable bonds is 13. The maximum atomic E-state index is 13.5. The molecule has 8 nitrogen and oxygen atoms in total. The number of aliphatic hydroxyl groups is 2. The number of halogens is 2. The Kier molecular flexibility index (Phi) is 14.3.